The van der Waals surface area contributed by atoms with Gasteiger partial charge in [0.05, 0.1) is 0 Å². The molecule has 16 heavy (non-hydrogen) atoms. The maximum atomic E-state index is 3.51. The van der Waals surface area contributed by atoms with Crippen LogP contribution in [0.4, 0.5) is 0 Å². The highest BCUT2D eigenvalue weighted by atomic mass is 15.2. The summed E-state index contributed by atoms with van der Waals surface area (Å²) in [4.78, 5) is 2.65. The lowest BCUT2D eigenvalue weighted by Crippen LogP contribution is -2.52. The molecule has 0 spiro atoms. The second-order valence-corrected chi connectivity index (χ2v) is 5.40. The Morgan fingerprint density at radius 1 is 1.25 bits per heavy atom. The van der Waals surface area contributed by atoms with Crippen LogP contribution >= 0.6 is 0 Å². The maximum absolute atomic E-state index is 3.51. The highest BCUT2D eigenvalue weighted by Crippen LogP contribution is 2.13. The van der Waals surface area contributed by atoms with Crippen LogP contribution in [0.25, 0.3) is 0 Å². The summed E-state index contributed by atoms with van der Waals surface area (Å²) in [5, 5.41) is 3.51. The second kappa shape index (κ2) is 8.08. The minimum Gasteiger partial charge on any atom is -0.312 e. The smallest absolute Gasteiger partial charge is 0.0167 e. The third kappa shape index (κ3) is 5.31. The number of piperazine rings is 1. The van der Waals surface area contributed by atoms with Crippen molar-refractivity contribution in [3.8, 4) is 0 Å². The quantitative estimate of drug-likeness (QED) is 0.671. The Hall–Kier alpha value is -0.0800. The van der Waals surface area contributed by atoms with E-state index in [0.717, 1.165) is 6.04 Å². The molecule has 0 aromatic rings. The zero-order valence-corrected chi connectivity index (χ0v) is 11.5. The first kappa shape index (κ1) is 14.0. The molecule has 0 saturated carbocycles. The third-order valence-corrected chi connectivity index (χ3v) is 3.75. The Morgan fingerprint density at radius 3 is 2.69 bits per heavy atom. The monoisotopic (exact) mass is 226 g/mol. The number of unbranched alkanes of at least 4 members (excludes halogenated alkanes) is 4. The van der Waals surface area contributed by atoms with E-state index >= 15 is 0 Å². The van der Waals surface area contributed by atoms with Gasteiger partial charge in [0.1, 0.15) is 0 Å². The Bertz CT molecular complexity index is 170. The molecule has 2 atom stereocenters. The van der Waals surface area contributed by atoms with E-state index in [1.165, 1.54) is 58.2 Å². The van der Waals surface area contributed by atoms with Crippen LogP contribution in [0, 0.1) is 0 Å². The minimum absolute atomic E-state index is 0.677. The molecule has 1 N–H and O–H groups in total. The third-order valence-electron chi connectivity index (χ3n) is 3.75. The first-order chi connectivity index (χ1) is 7.74. The van der Waals surface area contributed by atoms with Gasteiger partial charge in [-0.25, -0.2) is 0 Å². The predicted molar refractivity (Wildman–Crippen MR) is 71.9 cm³/mol. The molecule has 1 rings (SSSR count). The molecule has 1 saturated heterocycles. The summed E-state index contributed by atoms with van der Waals surface area (Å²) in [5.74, 6) is 0. The number of rotatable bonds is 7. The molecule has 2 unspecified atom stereocenters. The van der Waals surface area contributed by atoms with Crippen LogP contribution in [0.1, 0.15) is 59.3 Å². The molecule has 0 aromatic heterocycles. The zero-order valence-electron chi connectivity index (χ0n) is 11.5. The average Bonchev–Trinajstić information content (AvgIpc) is 2.28. The van der Waals surface area contributed by atoms with E-state index < -0.39 is 0 Å². The number of nitrogens with one attached hydrogen (secondary N) is 1. The Labute approximate surface area is 102 Å². The van der Waals surface area contributed by atoms with E-state index in [1.807, 2.05) is 0 Å². The van der Waals surface area contributed by atoms with Crippen molar-refractivity contribution >= 4 is 0 Å². The van der Waals surface area contributed by atoms with Crippen molar-refractivity contribution in [1.82, 2.24) is 10.2 Å². The van der Waals surface area contributed by atoms with Crippen molar-refractivity contribution in [1.29, 1.82) is 0 Å². The van der Waals surface area contributed by atoms with E-state index in [9.17, 15) is 0 Å². The molecular weight excluding hydrogens is 196 g/mol. The van der Waals surface area contributed by atoms with Gasteiger partial charge in [0.25, 0.3) is 0 Å². The molecule has 2 heteroatoms. The van der Waals surface area contributed by atoms with Gasteiger partial charge in [0.2, 0.25) is 0 Å². The summed E-state index contributed by atoms with van der Waals surface area (Å²) in [6.07, 6.45) is 8.43. The topological polar surface area (TPSA) is 15.3 Å². The summed E-state index contributed by atoms with van der Waals surface area (Å²) in [5.41, 5.74) is 0. The summed E-state index contributed by atoms with van der Waals surface area (Å²) in [6, 6.07) is 1.46. The Morgan fingerprint density at radius 2 is 2.00 bits per heavy atom. The molecule has 0 bridgehead atoms. The van der Waals surface area contributed by atoms with Gasteiger partial charge in [0.15, 0.2) is 0 Å². The summed E-state index contributed by atoms with van der Waals surface area (Å²) < 4.78 is 0. The fraction of sp³-hybridized carbons (Fsp3) is 1.00. The zero-order chi connectivity index (χ0) is 11.8. The fourth-order valence-corrected chi connectivity index (χ4v) is 2.59. The molecule has 1 heterocycles. The van der Waals surface area contributed by atoms with Gasteiger partial charge >= 0.3 is 0 Å². The van der Waals surface area contributed by atoms with Gasteiger partial charge in [-0.2, -0.15) is 0 Å². The minimum atomic E-state index is 0.677. The van der Waals surface area contributed by atoms with E-state index in [0.29, 0.717) is 6.04 Å². The Balaban J connectivity index is 2.06. The maximum Gasteiger partial charge on any atom is 0.0167 e. The lowest BCUT2D eigenvalue weighted by Gasteiger charge is -2.36. The Kier molecular flexibility index (Phi) is 7.06. The standard InChI is InChI=1S/C14H30N2/c1-4-5-6-7-8-9-14(3)16-11-10-15-13(2)12-16/h13-15H,4-12H2,1-3H3. The van der Waals surface area contributed by atoms with E-state index in [2.05, 4.69) is 31.0 Å². The van der Waals surface area contributed by atoms with E-state index in [-0.39, 0.29) is 0 Å². The van der Waals surface area contributed by atoms with E-state index in [4.69, 9.17) is 0 Å². The number of nitrogens with zero attached hydrogens (tertiary/aromatic N) is 1. The van der Waals surface area contributed by atoms with Gasteiger partial charge in [-0.1, -0.05) is 39.0 Å². The van der Waals surface area contributed by atoms with Gasteiger partial charge in [-0.15, -0.1) is 0 Å². The normalized spacial score (nSPS) is 24.6. The van der Waals surface area contributed by atoms with Crippen molar-refractivity contribution in [2.45, 2.75) is 71.4 Å². The molecule has 0 amide bonds. The molecule has 96 valence electrons. The SMILES string of the molecule is CCCCCCCC(C)N1CCNC(C)C1. The number of hydrogen-bond donors (Lipinski definition) is 1. The first-order valence-corrected chi connectivity index (χ1v) is 7.21. The molecule has 0 aromatic carbocycles. The van der Waals surface area contributed by atoms with Gasteiger partial charge in [-0.05, 0) is 20.3 Å². The van der Waals surface area contributed by atoms with Crippen LogP contribution in [0.15, 0.2) is 0 Å². The van der Waals surface area contributed by atoms with Crippen molar-refractivity contribution in [3.05, 3.63) is 0 Å². The first-order valence-electron chi connectivity index (χ1n) is 7.21. The van der Waals surface area contributed by atoms with E-state index in [1.54, 1.807) is 0 Å². The average molecular weight is 226 g/mol. The van der Waals surface area contributed by atoms with Crippen LogP contribution in [-0.2, 0) is 0 Å². The van der Waals surface area contributed by atoms with Crippen LogP contribution in [-0.4, -0.2) is 36.6 Å². The molecule has 1 aliphatic rings. The highest BCUT2D eigenvalue weighted by molar-refractivity contribution is 4.78. The van der Waals surface area contributed by atoms with Crippen LogP contribution in [0.5, 0.6) is 0 Å². The summed E-state index contributed by atoms with van der Waals surface area (Å²) in [7, 11) is 0. The predicted octanol–water partition coefficient (Wildman–Crippen LogP) is 3.03. The van der Waals surface area contributed by atoms with Crippen molar-refractivity contribution in [2.75, 3.05) is 19.6 Å². The van der Waals surface area contributed by atoms with Crippen LogP contribution in [0.2, 0.25) is 0 Å². The van der Waals surface area contributed by atoms with Crippen molar-refractivity contribution < 1.29 is 0 Å². The van der Waals surface area contributed by atoms with Crippen molar-refractivity contribution in [3.63, 3.8) is 0 Å². The molecular formula is C14H30N2. The molecule has 0 radical (unpaired) electrons. The van der Waals surface area contributed by atoms with Gasteiger partial charge in [-0.3, -0.25) is 4.90 Å². The second-order valence-electron chi connectivity index (χ2n) is 5.40. The van der Waals surface area contributed by atoms with Crippen LogP contribution < -0.4 is 5.32 Å². The lowest BCUT2D eigenvalue weighted by atomic mass is 10.1. The van der Waals surface area contributed by atoms with Crippen LogP contribution in [0.3, 0.4) is 0 Å². The molecule has 1 aliphatic heterocycles. The van der Waals surface area contributed by atoms with Gasteiger partial charge < -0.3 is 5.32 Å². The fourth-order valence-electron chi connectivity index (χ4n) is 2.59. The highest BCUT2D eigenvalue weighted by Gasteiger charge is 2.19. The summed E-state index contributed by atoms with van der Waals surface area (Å²) >= 11 is 0. The number of hydrogen-bond acceptors (Lipinski definition) is 2. The lowest BCUT2D eigenvalue weighted by molar-refractivity contribution is 0.149. The summed E-state index contributed by atoms with van der Waals surface area (Å²) in [6.45, 7) is 10.6. The molecule has 2 nitrogen and oxygen atoms in total. The molecule has 1 fully saturated rings. The van der Waals surface area contributed by atoms with Gasteiger partial charge in [0, 0.05) is 31.7 Å². The molecule has 0 aliphatic carbocycles. The van der Waals surface area contributed by atoms with Crippen molar-refractivity contribution in [2.24, 2.45) is 0 Å². The largest absolute Gasteiger partial charge is 0.312 e.